The molecule has 0 aromatic heterocycles. The van der Waals surface area contributed by atoms with Gasteiger partial charge in [0.15, 0.2) is 0 Å². The van der Waals surface area contributed by atoms with Gasteiger partial charge in [0.05, 0.1) is 5.25 Å². The molecule has 0 bridgehead atoms. The molecule has 1 atom stereocenters. The maximum absolute atomic E-state index is 12.7. The fourth-order valence-electron chi connectivity index (χ4n) is 2.47. The van der Waals surface area contributed by atoms with Gasteiger partial charge in [0, 0.05) is 18.7 Å². The van der Waals surface area contributed by atoms with Crippen LogP contribution in [-0.2, 0) is 9.59 Å². The molecule has 1 fully saturated rings. The van der Waals surface area contributed by atoms with Crippen LogP contribution in [0.5, 0.6) is 0 Å². The highest BCUT2D eigenvalue weighted by Crippen LogP contribution is 2.28. The van der Waals surface area contributed by atoms with E-state index in [0.717, 1.165) is 24.3 Å². The van der Waals surface area contributed by atoms with Crippen LogP contribution in [0.25, 0.3) is 0 Å². The van der Waals surface area contributed by atoms with E-state index in [-0.39, 0.29) is 17.6 Å². The Kier molecular flexibility index (Phi) is 6.11. The standard InChI is InChI=1S/C16H21NO3S/c18-15(19)10-6-11-17(13-7-2-1-3-8-13)16(20)14-9-4-5-12-21-14/h1-3,7-8,14H,4-6,9-12H2,(H,18,19). The van der Waals surface area contributed by atoms with Gasteiger partial charge in [0.1, 0.15) is 0 Å². The Hall–Kier alpha value is -1.49. The monoisotopic (exact) mass is 307 g/mol. The van der Waals surface area contributed by atoms with Crippen LogP contribution in [0.3, 0.4) is 0 Å². The number of nitrogens with zero attached hydrogens (tertiary/aromatic N) is 1. The van der Waals surface area contributed by atoms with Gasteiger partial charge in [0.25, 0.3) is 0 Å². The lowest BCUT2D eigenvalue weighted by molar-refractivity contribution is -0.137. The van der Waals surface area contributed by atoms with Gasteiger partial charge in [-0.2, -0.15) is 0 Å². The number of hydrogen-bond donors (Lipinski definition) is 1. The van der Waals surface area contributed by atoms with E-state index < -0.39 is 5.97 Å². The van der Waals surface area contributed by atoms with E-state index in [1.165, 1.54) is 6.42 Å². The quantitative estimate of drug-likeness (QED) is 0.877. The van der Waals surface area contributed by atoms with E-state index in [9.17, 15) is 9.59 Å². The second-order valence-corrected chi connectivity index (χ2v) is 6.49. The lowest BCUT2D eigenvalue weighted by atomic mass is 10.1. The molecule has 1 N–H and O–H groups in total. The maximum Gasteiger partial charge on any atom is 0.303 e. The molecule has 1 unspecified atom stereocenters. The first-order valence-electron chi connectivity index (χ1n) is 7.38. The Labute approximate surface area is 129 Å². The highest BCUT2D eigenvalue weighted by Gasteiger charge is 2.27. The number of hydrogen-bond acceptors (Lipinski definition) is 3. The molecule has 0 spiro atoms. The van der Waals surface area contributed by atoms with Gasteiger partial charge in [-0.15, -0.1) is 11.8 Å². The number of benzene rings is 1. The first kappa shape index (κ1) is 15.9. The smallest absolute Gasteiger partial charge is 0.303 e. The molecule has 5 heteroatoms. The molecule has 2 rings (SSSR count). The second-order valence-electron chi connectivity index (χ2n) is 5.18. The van der Waals surface area contributed by atoms with Crippen molar-refractivity contribution < 1.29 is 14.7 Å². The minimum atomic E-state index is -0.817. The van der Waals surface area contributed by atoms with Gasteiger partial charge in [-0.3, -0.25) is 9.59 Å². The number of amides is 1. The summed E-state index contributed by atoms with van der Waals surface area (Å²) in [5.74, 6) is 0.340. The van der Waals surface area contributed by atoms with E-state index >= 15 is 0 Å². The van der Waals surface area contributed by atoms with Crippen molar-refractivity contribution in [3.8, 4) is 0 Å². The zero-order valence-electron chi connectivity index (χ0n) is 12.0. The number of anilines is 1. The predicted molar refractivity (Wildman–Crippen MR) is 85.8 cm³/mol. The molecular weight excluding hydrogens is 286 g/mol. The molecule has 1 aromatic carbocycles. The highest BCUT2D eigenvalue weighted by molar-refractivity contribution is 8.00. The molecule has 21 heavy (non-hydrogen) atoms. The van der Waals surface area contributed by atoms with Gasteiger partial charge >= 0.3 is 5.97 Å². The summed E-state index contributed by atoms with van der Waals surface area (Å²) in [6.07, 6.45) is 3.77. The molecule has 4 nitrogen and oxygen atoms in total. The first-order chi connectivity index (χ1) is 10.2. The highest BCUT2D eigenvalue weighted by atomic mass is 32.2. The molecule has 1 aliphatic rings. The minimum absolute atomic E-state index is 0.0174. The van der Waals surface area contributed by atoms with Gasteiger partial charge in [-0.25, -0.2) is 0 Å². The summed E-state index contributed by atoms with van der Waals surface area (Å²) in [6.45, 7) is 0.464. The van der Waals surface area contributed by atoms with Crippen LogP contribution >= 0.6 is 11.8 Å². The van der Waals surface area contributed by atoms with Gasteiger partial charge in [0.2, 0.25) is 5.91 Å². The number of rotatable bonds is 6. The summed E-state index contributed by atoms with van der Waals surface area (Å²) in [7, 11) is 0. The van der Waals surface area contributed by atoms with E-state index in [1.54, 1.807) is 16.7 Å². The molecule has 1 saturated heterocycles. The number of carbonyl (C=O) groups excluding carboxylic acids is 1. The molecule has 0 aliphatic carbocycles. The van der Waals surface area contributed by atoms with E-state index in [0.29, 0.717) is 13.0 Å². The largest absolute Gasteiger partial charge is 0.481 e. The second kappa shape index (κ2) is 8.08. The number of carbonyl (C=O) groups is 2. The van der Waals surface area contributed by atoms with Crippen LogP contribution in [0.1, 0.15) is 32.1 Å². The Morgan fingerprint density at radius 2 is 2.00 bits per heavy atom. The summed E-state index contributed by atoms with van der Waals surface area (Å²) >= 11 is 1.73. The van der Waals surface area contributed by atoms with E-state index in [2.05, 4.69) is 0 Å². The van der Waals surface area contributed by atoms with Crippen molar-refractivity contribution in [1.82, 2.24) is 0 Å². The lowest BCUT2D eigenvalue weighted by Gasteiger charge is -2.29. The molecule has 1 aliphatic heterocycles. The van der Waals surface area contributed by atoms with Crippen LogP contribution in [0.15, 0.2) is 30.3 Å². The van der Waals surface area contributed by atoms with Crippen LogP contribution < -0.4 is 4.90 Å². The third kappa shape index (κ3) is 4.77. The molecule has 1 aromatic rings. The molecule has 0 radical (unpaired) electrons. The minimum Gasteiger partial charge on any atom is -0.481 e. The summed E-state index contributed by atoms with van der Waals surface area (Å²) in [5, 5.41) is 8.79. The number of carboxylic acids is 1. The van der Waals surface area contributed by atoms with Crippen LogP contribution in [0, 0.1) is 0 Å². The van der Waals surface area contributed by atoms with Gasteiger partial charge in [-0.05, 0) is 37.1 Å². The third-order valence-corrected chi connectivity index (χ3v) is 4.93. The number of thioether (sulfide) groups is 1. The molecule has 1 heterocycles. The SMILES string of the molecule is O=C(O)CCCN(C(=O)C1CCCCS1)c1ccccc1. The van der Waals surface area contributed by atoms with Crippen molar-refractivity contribution >= 4 is 29.3 Å². The fourth-order valence-corrected chi connectivity index (χ4v) is 3.73. The van der Waals surface area contributed by atoms with Crippen molar-refractivity contribution in [1.29, 1.82) is 0 Å². The zero-order chi connectivity index (χ0) is 15.1. The normalized spacial score (nSPS) is 18.2. The summed E-state index contributed by atoms with van der Waals surface area (Å²) in [4.78, 5) is 25.2. The van der Waals surface area contributed by atoms with Crippen LogP contribution in [0.4, 0.5) is 5.69 Å². The Morgan fingerprint density at radius 3 is 2.62 bits per heavy atom. The Morgan fingerprint density at radius 1 is 1.24 bits per heavy atom. The van der Waals surface area contributed by atoms with Crippen molar-refractivity contribution in [2.24, 2.45) is 0 Å². The first-order valence-corrected chi connectivity index (χ1v) is 8.43. The molecule has 114 valence electrons. The lowest BCUT2D eigenvalue weighted by Crippen LogP contribution is -2.39. The molecule has 1 amide bonds. The third-order valence-electron chi connectivity index (χ3n) is 3.56. The van der Waals surface area contributed by atoms with Crippen molar-refractivity contribution in [2.45, 2.75) is 37.4 Å². The number of carboxylic acid groups (broad SMARTS) is 1. The van der Waals surface area contributed by atoms with E-state index in [4.69, 9.17) is 5.11 Å². The van der Waals surface area contributed by atoms with Gasteiger partial charge < -0.3 is 10.0 Å². The predicted octanol–water partition coefficient (Wildman–Crippen LogP) is 3.17. The fraction of sp³-hybridized carbons (Fsp3) is 0.500. The summed E-state index contributed by atoms with van der Waals surface area (Å²) < 4.78 is 0. The Balaban J connectivity index is 2.06. The van der Waals surface area contributed by atoms with Crippen molar-refractivity contribution in [3.05, 3.63) is 30.3 Å². The Bertz CT molecular complexity index is 472. The van der Waals surface area contributed by atoms with Crippen LogP contribution in [-0.4, -0.2) is 34.5 Å². The summed E-state index contributed by atoms with van der Waals surface area (Å²) in [6, 6.07) is 9.54. The zero-order valence-corrected chi connectivity index (χ0v) is 12.8. The maximum atomic E-state index is 12.7. The molecular formula is C16H21NO3S. The topological polar surface area (TPSA) is 57.6 Å². The van der Waals surface area contributed by atoms with Gasteiger partial charge in [-0.1, -0.05) is 24.6 Å². The van der Waals surface area contributed by atoms with Crippen molar-refractivity contribution in [3.63, 3.8) is 0 Å². The molecule has 0 saturated carbocycles. The van der Waals surface area contributed by atoms with Crippen molar-refractivity contribution in [2.75, 3.05) is 17.2 Å². The average Bonchev–Trinajstić information content (AvgIpc) is 2.52. The number of para-hydroxylation sites is 1. The van der Waals surface area contributed by atoms with Crippen LogP contribution in [0.2, 0.25) is 0 Å². The average molecular weight is 307 g/mol. The van der Waals surface area contributed by atoms with E-state index in [1.807, 2.05) is 30.3 Å². The number of aliphatic carboxylic acids is 1. The summed E-state index contributed by atoms with van der Waals surface area (Å²) in [5.41, 5.74) is 0.860.